The summed E-state index contributed by atoms with van der Waals surface area (Å²) < 4.78 is 0. The van der Waals surface area contributed by atoms with Gasteiger partial charge in [-0.05, 0) is 5.56 Å². The van der Waals surface area contributed by atoms with Crippen molar-refractivity contribution in [3.63, 3.8) is 0 Å². The molecule has 3 nitrogen and oxygen atoms in total. The third-order valence-electron chi connectivity index (χ3n) is 2.75. The van der Waals surface area contributed by atoms with Crippen LogP contribution in [0.5, 0.6) is 0 Å². The van der Waals surface area contributed by atoms with Gasteiger partial charge < -0.3 is 5.73 Å². The number of rotatable bonds is 1. The lowest BCUT2D eigenvalue weighted by molar-refractivity contribution is 0.905. The summed E-state index contributed by atoms with van der Waals surface area (Å²) in [5.74, 6) is 0.713. The van der Waals surface area contributed by atoms with E-state index < -0.39 is 0 Å². The molecule has 0 bridgehead atoms. The van der Waals surface area contributed by atoms with Crippen LogP contribution in [-0.4, -0.2) is 9.97 Å². The van der Waals surface area contributed by atoms with E-state index in [0.717, 1.165) is 12.1 Å². The fraction of sp³-hybridized carbons (Fsp3) is 0.167. The fourth-order valence-electron chi connectivity index (χ4n) is 2.01. The van der Waals surface area contributed by atoms with E-state index >= 15 is 0 Å². The van der Waals surface area contributed by atoms with E-state index in [2.05, 4.69) is 28.2 Å². The highest BCUT2D eigenvalue weighted by atomic mass is 14.9. The minimum atomic E-state index is 0.398. The molecule has 1 aliphatic rings. The molecule has 1 aliphatic carbocycles. The second-order valence-electron chi connectivity index (χ2n) is 3.70. The molecule has 0 aliphatic heterocycles. The van der Waals surface area contributed by atoms with Crippen LogP contribution in [0.3, 0.4) is 0 Å². The number of nitrogens with zero attached hydrogens (tertiary/aromatic N) is 2. The van der Waals surface area contributed by atoms with E-state index in [1.807, 2.05) is 12.3 Å². The molecule has 3 rings (SSSR count). The summed E-state index contributed by atoms with van der Waals surface area (Å²) in [5.41, 5.74) is 10.4. The lowest BCUT2D eigenvalue weighted by atomic mass is 10.1. The van der Waals surface area contributed by atoms with Gasteiger partial charge in [0.1, 0.15) is 5.82 Å². The summed E-state index contributed by atoms with van der Waals surface area (Å²) in [6.07, 6.45) is 2.83. The first-order valence-electron chi connectivity index (χ1n) is 5.01. The van der Waals surface area contributed by atoms with Gasteiger partial charge >= 0.3 is 0 Å². The average Bonchev–Trinajstić information content (AvgIpc) is 2.66. The Bertz CT molecular complexity index is 520. The third-order valence-corrected chi connectivity index (χ3v) is 2.75. The third kappa shape index (κ3) is 1.24. The summed E-state index contributed by atoms with van der Waals surface area (Å²) in [5, 5.41) is 0. The van der Waals surface area contributed by atoms with E-state index in [9.17, 15) is 0 Å². The maximum atomic E-state index is 5.54. The number of nitrogens with two attached hydrogens (primary N) is 1. The maximum absolute atomic E-state index is 5.54. The van der Waals surface area contributed by atoms with Crippen LogP contribution < -0.4 is 5.73 Å². The first-order chi connectivity index (χ1) is 7.38. The van der Waals surface area contributed by atoms with Crippen molar-refractivity contribution in [3.05, 3.63) is 47.4 Å². The van der Waals surface area contributed by atoms with Gasteiger partial charge in [0.15, 0.2) is 0 Å². The molecule has 3 heteroatoms. The van der Waals surface area contributed by atoms with Crippen molar-refractivity contribution in [2.75, 3.05) is 0 Å². The second kappa shape index (κ2) is 3.14. The molecule has 0 saturated carbocycles. The van der Waals surface area contributed by atoms with Crippen LogP contribution in [0.2, 0.25) is 0 Å². The Morgan fingerprint density at radius 3 is 2.93 bits per heavy atom. The Morgan fingerprint density at radius 2 is 2.07 bits per heavy atom. The lowest BCUT2D eigenvalue weighted by Gasteiger charge is -2.01. The minimum absolute atomic E-state index is 0.398. The van der Waals surface area contributed by atoms with Crippen LogP contribution >= 0.6 is 0 Å². The van der Waals surface area contributed by atoms with Crippen molar-refractivity contribution in [3.8, 4) is 11.3 Å². The van der Waals surface area contributed by atoms with Gasteiger partial charge in [0.2, 0.25) is 0 Å². The van der Waals surface area contributed by atoms with Gasteiger partial charge in [-0.1, -0.05) is 24.3 Å². The molecular weight excluding hydrogens is 186 g/mol. The molecule has 2 N–H and O–H groups in total. The van der Waals surface area contributed by atoms with Crippen LogP contribution in [0.1, 0.15) is 17.0 Å². The first-order valence-corrected chi connectivity index (χ1v) is 5.01. The molecule has 1 aromatic carbocycles. The molecular formula is C12H11N3. The highest BCUT2D eigenvalue weighted by molar-refractivity contribution is 5.72. The van der Waals surface area contributed by atoms with Crippen molar-refractivity contribution in [2.24, 2.45) is 5.73 Å². The Morgan fingerprint density at radius 1 is 1.20 bits per heavy atom. The smallest absolute Gasteiger partial charge is 0.142 e. The molecule has 0 atom stereocenters. The van der Waals surface area contributed by atoms with Crippen LogP contribution in [0, 0.1) is 0 Å². The number of hydrogen-bond donors (Lipinski definition) is 1. The van der Waals surface area contributed by atoms with Gasteiger partial charge in [-0.15, -0.1) is 0 Å². The van der Waals surface area contributed by atoms with Crippen LogP contribution in [0.15, 0.2) is 30.5 Å². The SMILES string of the molecule is NCc1ncc2c(n1)-c1ccccc1C2. The summed E-state index contributed by atoms with van der Waals surface area (Å²) in [6, 6.07) is 8.34. The van der Waals surface area contributed by atoms with Gasteiger partial charge in [-0.25, -0.2) is 9.97 Å². The molecule has 0 spiro atoms. The van der Waals surface area contributed by atoms with Crippen molar-refractivity contribution >= 4 is 0 Å². The first kappa shape index (κ1) is 8.56. The fourth-order valence-corrected chi connectivity index (χ4v) is 2.01. The zero-order valence-corrected chi connectivity index (χ0v) is 8.27. The molecule has 1 aromatic heterocycles. The van der Waals surface area contributed by atoms with E-state index in [-0.39, 0.29) is 0 Å². The number of benzene rings is 1. The van der Waals surface area contributed by atoms with Crippen LogP contribution in [-0.2, 0) is 13.0 Å². The van der Waals surface area contributed by atoms with Crippen molar-refractivity contribution in [1.82, 2.24) is 9.97 Å². The van der Waals surface area contributed by atoms with Crippen LogP contribution in [0.4, 0.5) is 0 Å². The van der Waals surface area contributed by atoms with E-state index in [1.165, 1.54) is 16.7 Å². The average molecular weight is 197 g/mol. The van der Waals surface area contributed by atoms with Gasteiger partial charge in [0, 0.05) is 23.7 Å². The zero-order chi connectivity index (χ0) is 10.3. The van der Waals surface area contributed by atoms with Crippen molar-refractivity contribution < 1.29 is 0 Å². The molecule has 15 heavy (non-hydrogen) atoms. The summed E-state index contributed by atoms with van der Waals surface area (Å²) >= 11 is 0. The van der Waals surface area contributed by atoms with Gasteiger partial charge in [-0.2, -0.15) is 0 Å². The normalized spacial score (nSPS) is 12.3. The summed E-state index contributed by atoms with van der Waals surface area (Å²) in [4.78, 5) is 8.69. The highest BCUT2D eigenvalue weighted by Crippen LogP contribution is 2.33. The molecule has 0 saturated heterocycles. The zero-order valence-electron chi connectivity index (χ0n) is 8.27. The van der Waals surface area contributed by atoms with Gasteiger partial charge in [0.25, 0.3) is 0 Å². The van der Waals surface area contributed by atoms with Gasteiger partial charge in [0.05, 0.1) is 12.2 Å². The lowest BCUT2D eigenvalue weighted by Crippen LogP contribution is -2.03. The number of fused-ring (bicyclic) bond motifs is 3. The summed E-state index contributed by atoms with van der Waals surface area (Å²) in [7, 11) is 0. The Hall–Kier alpha value is -1.74. The summed E-state index contributed by atoms with van der Waals surface area (Å²) in [6.45, 7) is 0.398. The Balaban J connectivity index is 2.22. The minimum Gasteiger partial charge on any atom is -0.324 e. The monoisotopic (exact) mass is 197 g/mol. The molecule has 0 fully saturated rings. The topological polar surface area (TPSA) is 51.8 Å². The standard InChI is InChI=1S/C12H11N3/c13-6-11-14-7-9-5-8-3-1-2-4-10(8)12(9)15-11/h1-4,7H,5-6,13H2. The van der Waals surface area contributed by atoms with Crippen LogP contribution in [0.25, 0.3) is 11.3 Å². The molecule has 0 amide bonds. The Labute approximate surface area is 88.0 Å². The quantitative estimate of drug-likeness (QED) is 0.643. The van der Waals surface area contributed by atoms with Gasteiger partial charge in [-0.3, -0.25) is 0 Å². The van der Waals surface area contributed by atoms with E-state index in [1.54, 1.807) is 0 Å². The second-order valence-corrected chi connectivity index (χ2v) is 3.70. The number of hydrogen-bond acceptors (Lipinski definition) is 3. The maximum Gasteiger partial charge on any atom is 0.142 e. The predicted molar refractivity (Wildman–Crippen MR) is 58.2 cm³/mol. The molecule has 2 aromatic rings. The molecule has 1 heterocycles. The molecule has 0 unspecified atom stereocenters. The molecule has 0 radical (unpaired) electrons. The largest absolute Gasteiger partial charge is 0.324 e. The predicted octanol–water partition coefficient (Wildman–Crippen LogP) is 1.51. The van der Waals surface area contributed by atoms with E-state index in [4.69, 9.17) is 5.73 Å². The highest BCUT2D eigenvalue weighted by Gasteiger charge is 2.19. The van der Waals surface area contributed by atoms with Crippen molar-refractivity contribution in [1.29, 1.82) is 0 Å². The number of aromatic nitrogens is 2. The van der Waals surface area contributed by atoms with Crippen molar-refractivity contribution in [2.45, 2.75) is 13.0 Å². The molecule has 74 valence electrons. The van der Waals surface area contributed by atoms with E-state index in [0.29, 0.717) is 12.4 Å². The Kier molecular flexibility index (Phi) is 1.79.